The second kappa shape index (κ2) is 9.82. The molecule has 2 saturated heterocycles. The van der Waals surface area contributed by atoms with Crippen molar-refractivity contribution in [2.75, 3.05) is 31.6 Å². The summed E-state index contributed by atoms with van der Waals surface area (Å²) >= 11 is 0. The fourth-order valence-electron chi connectivity index (χ4n) is 6.40. The Morgan fingerprint density at radius 1 is 1.18 bits per heavy atom. The Hall–Kier alpha value is -3.66. The molecule has 9 heteroatoms. The number of aromatic nitrogens is 4. The maximum absolute atomic E-state index is 13.0. The van der Waals surface area contributed by atoms with Crippen LogP contribution < -0.4 is 11.1 Å². The molecule has 3 aliphatic rings. The Kier molecular flexibility index (Phi) is 6.14. The molecule has 3 fully saturated rings. The lowest BCUT2D eigenvalue weighted by Crippen LogP contribution is -2.42. The summed E-state index contributed by atoms with van der Waals surface area (Å²) in [6.45, 7) is 4.31. The number of nitrogens with one attached hydrogen (secondary N) is 2. The van der Waals surface area contributed by atoms with Gasteiger partial charge in [-0.1, -0.05) is 12.1 Å². The average Bonchev–Trinajstić information content (AvgIpc) is 3.55. The number of carbonyl (C=O) groups is 1. The van der Waals surface area contributed by atoms with Crippen LogP contribution in [0.4, 0.5) is 5.69 Å². The first kappa shape index (κ1) is 24.4. The van der Waals surface area contributed by atoms with E-state index in [9.17, 15) is 4.79 Å². The highest BCUT2D eigenvalue weighted by Gasteiger charge is 2.58. The van der Waals surface area contributed by atoms with Gasteiger partial charge in [0.15, 0.2) is 0 Å². The normalized spacial score (nSPS) is 24.8. The Balaban J connectivity index is 1.05. The number of aromatic amines is 1. The minimum Gasteiger partial charge on any atom is -0.381 e. The Labute approximate surface area is 227 Å². The first-order valence-corrected chi connectivity index (χ1v) is 13.8. The van der Waals surface area contributed by atoms with E-state index in [4.69, 9.17) is 15.5 Å². The zero-order valence-electron chi connectivity index (χ0n) is 21.9. The molecule has 0 spiro atoms. The van der Waals surface area contributed by atoms with Gasteiger partial charge in [0.2, 0.25) is 0 Å². The molecule has 39 heavy (non-hydrogen) atoms. The van der Waals surface area contributed by atoms with Crippen LogP contribution in [-0.2, 0) is 16.7 Å². The molecule has 3 aromatic heterocycles. The van der Waals surface area contributed by atoms with Gasteiger partial charge in [-0.05, 0) is 79.6 Å². The van der Waals surface area contributed by atoms with Crippen LogP contribution >= 0.6 is 0 Å². The van der Waals surface area contributed by atoms with Crippen LogP contribution in [0.2, 0.25) is 0 Å². The second-order valence-corrected chi connectivity index (χ2v) is 11.3. The number of carbonyl (C=O) groups excluding carboxylic acids is 1. The molecule has 3 atom stereocenters. The number of ether oxygens (including phenoxy) is 1. The van der Waals surface area contributed by atoms with Crippen molar-refractivity contribution < 1.29 is 9.53 Å². The molecule has 200 valence electrons. The van der Waals surface area contributed by atoms with Crippen LogP contribution in [0.25, 0.3) is 22.3 Å². The zero-order chi connectivity index (χ0) is 26.4. The molecular weight excluding hydrogens is 490 g/mol. The van der Waals surface area contributed by atoms with Crippen LogP contribution in [0, 0.1) is 5.92 Å². The first-order chi connectivity index (χ1) is 19.1. The number of nitrogens with zero attached hydrogens (tertiary/aromatic N) is 4. The lowest BCUT2D eigenvalue weighted by Gasteiger charge is -2.30. The molecule has 2 unspecified atom stereocenters. The van der Waals surface area contributed by atoms with E-state index in [0.717, 1.165) is 97.8 Å². The van der Waals surface area contributed by atoms with Crippen molar-refractivity contribution in [3.05, 3.63) is 71.9 Å². The minimum atomic E-state index is -0.222. The van der Waals surface area contributed by atoms with Crippen LogP contribution in [0.5, 0.6) is 0 Å². The fraction of sp³-hybridized carbons (Fsp3) is 0.400. The zero-order valence-corrected chi connectivity index (χ0v) is 21.9. The van der Waals surface area contributed by atoms with Gasteiger partial charge in [0.05, 0.1) is 12.3 Å². The summed E-state index contributed by atoms with van der Waals surface area (Å²) in [5.74, 6) is 0.337. The molecule has 1 saturated carbocycles. The number of piperidine rings is 1. The largest absolute Gasteiger partial charge is 0.381 e. The smallest absolute Gasteiger partial charge is 0.274 e. The number of amides is 1. The van der Waals surface area contributed by atoms with Gasteiger partial charge in [0.25, 0.3) is 5.91 Å². The van der Waals surface area contributed by atoms with Crippen molar-refractivity contribution in [1.29, 1.82) is 0 Å². The lowest BCUT2D eigenvalue weighted by atomic mass is 9.91. The molecule has 2 aliphatic heterocycles. The predicted molar refractivity (Wildman–Crippen MR) is 149 cm³/mol. The highest BCUT2D eigenvalue weighted by molar-refractivity contribution is 6.03. The molecule has 4 aromatic rings. The number of rotatable bonds is 6. The third kappa shape index (κ3) is 4.71. The van der Waals surface area contributed by atoms with Crippen LogP contribution in [0.1, 0.15) is 47.4 Å². The summed E-state index contributed by atoms with van der Waals surface area (Å²) in [7, 11) is 0. The van der Waals surface area contributed by atoms with E-state index in [1.54, 1.807) is 12.5 Å². The van der Waals surface area contributed by atoms with E-state index >= 15 is 0 Å². The van der Waals surface area contributed by atoms with E-state index in [0.29, 0.717) is 11.6 Å². The summed E-state index contributed by atoms with van der Waals surface area (Å²) < 4.78 is 5.67. The number of anilines is 1. The van der Waals surface area contributed by atoms with Gasteiger partial charge >= 0.3 is 0 Å². The predicted octanol–water partition coefficient (Wildman–Crippen LogP) is 3.87. The first-order valence-electron chi connectivity index (χ1n) is 13.8. The molecule has 1 aromatic carbocycles. The maximum atomic E-state index is 13.0. The van der Waals surface area contributed by atoms with Gasteiger partial charge in [-0.2, -0.15) is 0 Å². The summed E-state index contributed by atoms with van der Waals surface area (Å²) in [5, 5.41) is 4.07. The number of likely N-dealkylation sites (tertiary alicyclic amines) is 1. The van der Waals surface area contributed by atoms with Crippen molar-refractivity contribution in [3.8, 4) is 11.3 Å². The van der Waals surface area contributed by atoms with Crippen molar-refractivity contribution >= 4 is 22.6 Å². The molecule has 0 bridgehead atoms. The number of nitrogens with two attached hydrogens (primary N) is 1. The van der Waals surface area contributed by atoms with Crippen LogP contribution in [-0.4, -0.2) is 63.1 Å². The quantitative estimate of drug-likeness (QED) is 0.351. The van der Waals surface area contributed by atoms with Crippen molar-refractivity contribution in [2.24, 2.45) is 11.7 Å². The lowest BCUT2D eigenvalue weighted by molar-refractivity contribution is 0.0797. The monoisotopic (exact) mass is 523 g/mol. The highest BCUT2D eigenvalue weighted by Crippen LogP contribution is 2.59. The summed E-state index contributed by atoms with van der Waals surface area (Å²) in [4.78, 5) is 32.3. The van der Waals surface area contributed by atoms with Gasteiger partial charge in [0.1, 0.15) is 17.7 Å². The third-order valence-corrected chi connectivity index (χ3v) is 8.60. The second-order valence-electron chi connectivity index (χ2n) is 11.3. The number of fused-ring (bicyclic) bond motifs is 2. The molecule has 4 N–H and O–H groups in total. The summed E-state index contributed by atoms with van der Waals surface area (Å²) in [6, 6.07) is 14.1. The summed E-state index contributed by atoms with van der Waals surface area (Å²) in [5.41, 5.74) is 12.5. The van der Waals surface area contributed by atoms with E-state index in [2.05, 4.69) is 31.2 Å². The number of pyridine rings is 1. The summed E-state index contributed by atoms with van der Waals surface area (Å²) in [6.07, 6.45) is 7.71. The Morgan fingerprint density at radius 2 is 2.08 bits per heavy atom. The molecule has 1 amide bonds. The molecule has 1 aliphatic carbocycles. The van der Waals surface area contributed by atoms with Crippen LogP contribution in [0.3, 0.4) is 0 Å². The van der Waals surface area contributed by atoms with Crippen molar-refractivity contribution in [3.63, 3.8) is 0 Å². The molecule has 7 rings (SSSR count). The van der Waals surface area contributed by atoms with Gasteiger partial charge in [0, 0.05) is 54.1 Å². The molecule has 0 radical (unpaired) electrons. The van der Waals surface area contributed by atoms with Gasteiger partial charge in [-0.25, -0.2) is 9.97 Å². The van der Waals surface area contributed by atoms with Gasteiger partial charge < -0.3 is 20.8 Å². The van der Waals surface area contributed by atoms with E-state index < -0.39 is 0 Å². The van der Waals surface area contributed by atoms with E-state index in [1.165, 1.54) is 0 Å². The third-order valence-electron chi connectivity index (χ3n) is 8.60. The molecule has 9 nitrogen and oxygen atoms in total. The number of hydrogen-bond donors (Lipinski definition) is 3. The highest BCUT2D eigenvalue weighted by atomic mass is 16.5. The van der Waals surface area contributed by atoms with Gasteiger partial charge in [-0.15, -0.1) is 0 Å². The maximum Gasteiger partial charge on any atom is 0.274 e. The Bertz CT molecular complexity index is 1520. The number of benzene rings is 1. The topological polar surface area (TPSA) is 122 Å². The van der Waals surface area contributed by atoms with Crippen LogP contribution in [0.15, 0.2) is 55.0 Å². The molecular formula is C30H33N7O2. The number of hydrogen-bond acceptors (Lipinski definition) is 7. The van der Waals surface area contributed by atoms with E-state index in [1.807, 2.05) is 36.4 Å². The van der Waals surface area contributed by atoms with Gasteiger partial charge in [-0.3, -0.25) is 14.7 Å². The number of H-pyrrole nitrogens is 1. The standard InChI is InChI=1S/C30H33N7O2/c31-22-2-1-10-37(16-22)15-19-7-9-32-26(12-19)29(38)35-23-5-3-20(4-6-23)25-13-24-27(33-18-34-28(24)36-25)30-8-11-39-17-21(30)14-30/h3-7,9,12-13,18,21-22H,1-2,8,10-11,14-17,31H2,(H,35,38)(H,33,34,36)/t21?,22-,30?/m1/s1. The van der Waals surface area contributed by atoms with Crippen molar-refractivity contribution in [2.45, 2.75) is 43.7 Å². The average molecular weight is 524 g/mol. The van der Waals surface area contributed by atoms with Crippen molar-refractivity contribution in [1.82, 2.24) is 24.8 Å². The molecule has 5 heterocycles. The Morgan fingerprint density at radius 3 is 2.92 bits per heavy atom. The SMILES string of the molecule is N[C@@H]1CCCN(Cc2ccnc(C(=O)Nc3ccc(-c4cc5c(C67CCOCC6C7)ncnc5[nH]4)cc3)c2)C1. The minimum absolute atomic E-state index is 0.138. The van der Waals surface area contributed by atoms with E-state index in [-0.39, 0.29) is 17.4 Å². The fourth-order valence-corrected chi connectivity index (χ4v) is 6.40.